The summed E-state index contributed by atoms with van der Waals surface area (Å²) in [4.78, 5) is 27.7. The number of benzene rings is 2. The van der Waals surface area contributed by atoms with Crippen molar-refractivity contribution < 1.29 is 14.3 Å². The van der Waals surface area contributed by atoms with E-state index in [9.17, 15) is 9.59 Å². The van der Waals surface area contributed by atoms with Gasteiger partial charge in [-0.2, -0.15) is 0 Å². The van der Waals surface area contributed by atoms with Crippen LogP contribution in [0.15, 0.2) is 66.9 Å². The summed E-state index contributed by atoms with van der Waals surface area (Å²) in [6.07, 6.45) is 1.51. The molecule has 3 rings (SSSR count). The zero-order valence-electron chi connectivity index (χ0n) is 15.5. The van der Waals surface area contributed by atoms with Gasteiger partial charge >= 0.3 is 6.03 Å². The number of pyridine rings is 1. The van der Waals surface area contributed by atoms with Crippen molar-refractivity contribution in [1.82, 2.24) is 10.3 Å². The van der Waals surface area contributed by atoms with Crippen molar-refractivity contribution in [3.8, 4) is 11.5 Å². The van der Waals surface area contributed by atoms with Crippen molar-refractivity contribution in [3.63, 3.8) is 0 Å². The predicted octanol–water partition coefficient (Wildman–Crippen LogP) is 4.19. The first-order chi connectivity index (χ1) is 13.5. The topological polar surface area (TPSA) is 92.4 Å². The molecule has 0 spiro atoms. The molecule has 3 amide bonds. The molecule has 0 aliphatic rings. The molecule has 0 saturated heterocycles. The van der Waals surface area contributed by atoms with E-state index in [0.29, 0.717) is 17.2 Å². The smallest absolute Gasteiger partial charge is 0.323 e. The number of nitrogens with zero attached hydrogens (tertiary/aromatic N) is 1. The largest absolute Gasteiger partial charge is 0.457 e. The number of rotatable bonds is 5. The fourth-order valence-electron chi connectivity index (χ4n) is 2.49. The number of carbonyl (C=O) groups is 2. The maximum absolute atomic E-state index is 12.1. The minimum atomic E-state index is -0.330. The second-order valence-electron chi connectivity index (χ2n) is 6.03. The van der Waals surface area contributed by atoms with Crippen LogP contribution in [0.2, 0.25) is 0 Å². The van der Waals surface area contributed by atoms with Crippen LogP contribution >= 0.6 is 0 Å². The molecule has 3 aromatic rings. The number of ether oxygens (including phenoxy) is 1. The van der Waals surface area contributed by atoms with Gasteiger partial charge < -0.3 is 20.7 Å². The van der Waals surface area contributed by atoms with E-state index in [1.807, 2.05) is 31.2 Å². The molecule has 0 atom stereocenters. The second kappa shape index (κ2) is 8.68. The highest BCUT2D eigenvalue weighted by Gasteiger charge is 2.07. The standard InChI is InChI=1S/C21H20N4O3/c1-14-4-3-5-16(12-14)25-21(27)24-15-6-8-17(9-7-15)28-18-10-11-23-19(13-18)20(26)22-2/h3-13H,1-2H3,(H,22,26)(H2,24,25,27). The molecule has 3 N–H and O–H groups in total. The number of urea groups is 1. The second-order valence-corrected chi connectivity index (χ2v) is 6.03. The van der Waals surface area contributed by atoms with Crippen molar-refractivity contribution in [2.45, 2.75) is 6.92 Å². The third-order valence-corrected chi connectivity index (χ3v) is 3.81. The Morgan fingerprint density at radius 2 is 1.64 bits per heavy atom. The average molecular weight is 376 g/mol. The minimum Gasteiger partial charge on any atom is -0.457 e. The third-order valence-electron chi connectivity index (χ3n) is 3.81. The molecule has 7 nitrogen and oxygen atoms in total. The van der Waals surface area contributed by atoms with Gasteiger partial charge in [0, 0.05) is 30.7 Å². The number of amides is 3. The number of aryl methyl sites for hydroxylation is 1. The lowest BCUT2D eigenvalue weighted by Crippen LogP contribution is -2.19. The maximum Gasteiger partial charge on any atom is 0.323 e. The van der Waals surface area contributed by atoms with Crippen LogP contribution in [-0.4, -0.2) is 24.0 Å². The first-order valence-corrected chi connectivity index (χ1v) is 8.64. The quantitative estimate of drug-likeness (QED) is 0.623. The van der Waals surface area contributed by atoms with E-state index in [0.717, 1.165) is 11.3 Å². The summed E-state index contributed by atoms with van der Waals surface area (Å²) in [5, 5.41) is 8.06. The van der Waals surface area contributed by atoms with Gasteiger partial charge in [0.2, 0.25) is 0 Å². The van der Waals surface area contributed by atoms with E-state index in [-0.39, 0.29) is 17.6 Å². The van der Waals surface area contributed by atoms with Crippen molar-refractivity contribution in [2.24, 2.45) is 0 Å². The van der Waals surface area contributed by atoms with Crippen molar-refractivity contribution >= 4 is 23.3 Å². The molecule has 0 bridgehead atoms. The Labute approximate surface area is 162 Å². The zero-order valence-corrected chi connectivity index (χ0v) is 15.5. The van der Waals surface area contributed by atoms with Crippen LogP contribution in [-0.2, 0) is 0 Å². The van der Waals surface area contributed by atoms with Gasteiger partial charge in [0.1, 0.15) is 17.2 Å². The molecular weight excluding hydrogens is 356 g/mol. The summed E-state index contributed by atoms with van der Waals surface area (Å²) in [6, 6.07) is 17.3. The van der Waals surface area contributed by atoms with E-state index in [1.54, 1.807) is 43.4 Å². The predicted molar refractivity (Wildman–Crippen MR) is 108 cm³/mol. The summed E-state index contributed by atoms with van der Waals surface area (Å²) in [5.41, 5.74) is 2.68. The lowest BCUT2D eigenvalue weighted by atomic mass is 10.2. The summed E-state index contributed by atoms with van der Waals surface area (Å²) in [5.74, 6) is 0.773. The number of carbonyl (C=O) groups excluding carboxylic acids is 2. The monoisotopic (exact) mass is 376 g/mol. The molecular formula is C21H20N4O3. The van der Waals surface area contributed by atoms with Gasteiger partial charge in [0.15, 0.2) is 0 Å². The summed E-state index contributed by atoms with van der Waals surface area (Å²) in [7, 11) is 1.54. The van der Waals surface area contributed by atoms with E-state index in [4.69, 9.17) is 4.74 Å². The minimum absolute atomic E-state index is 0.270. The Morgan fingerprint density at radius 1 is 0.893 bits per heavy atom. The van der Waals surface area contributed by atoms with Crippen LogP contribution in [0.4, 0.5) is 16.2 Å². The van der Waals surface area contributed by atoms with Gasteiger partial charge in [0.05, 0.1) is 0 Å². The molecule has 142 valence electrons. The summed E-state index contributed by atoms with van der Waals surface area (Å²) in [6.45, 7) is 1.96. The lowest BCUT2D eigenvalue weighted by Gasteiger charge is -2.10. The number of hydrogen-bond donors (Lipinski definition) is 3. The molecule has 1 heterocycles. The van der Waals surface area contributed by atoms with Gasteiger partial charge in [-0.05, 0) is 55.0 Å². The number of anilines is 2. The van der Waals surface area contributed by atoms with Crippen molar-refractivity contribution in [3.05, 3.63) is 78.1 Å². The fourth-order valence-corrected chi connectivity index (χ4v) is 2.49. The summed E-state index contributed by atoms with van der Waals surface area (Å²) < 4.78 is 5.73. The van der Waals surface area contributed by atoms with Gasteiger partial charge in [-0.1, -0.05) is 12.1 Å². The van der Waals surface area contributed by atoms with Crippen LogP contribution in [0.25, 0.3) is 0 Å². The Bertz CT molecular complexity index is 987. The first kappa shape index (κ1) is 18.9. The Morgan fingerprint density at radius 3 is 2.36 bits per heavy atom. The SMILES string of the molecule is CNC(=O)c1cc(Oc2ccc(NC(=O)Nc3cccc(C)c3)cc2)ccn1. The Balaban J connectivity index is 1.60. The fraction of sp³-hybridized carbons (Fsp3) is 0.0952. The van der Waals surface area contributed by atoms with E-state index < -0.39 is 0 Å². The normalized spacial score (nSPS) is 10.1. The van der Waals surface area contributed by atoms with E-state index in [2.05, 4.69) is 20.9 Å². The van der Waals surface area contributed by atoms with Crippen molar-refractivity contribution in [2.75, 3.05) is 17.7 Å². The van der Waals surface area contributed by atoms with Gasteiger partial charge in [-0.15, -0.1) is 0 Å². The molecule has 0 unspecified atom stereocenters. The molecule has 0 saturated carbocycles. The molecule has 28 heavy (non-hydrogen) atoms. The van der Waals surface area contributed by atoms with Gasteiger partial charge in [-0.25, -0.2) is 4.79 Å². The van der Waals surface area contributed by atoms with Crippen LogP contribution in [0.5, 0.6) is 11.5 Å². The van der Waals surface area contributed by atoms with Crippen LogP contribution in [0, 0.1) is 6.92 Å². The first-order valence-electron chi connectivity index (χ1n) is 8.64. The highest BCUT2D eigenvalue weighted by atomic mass is 16.5. The van der Waals surface area contributed by atoms with E-state index >= 15 is 0 Å². The summed E-state index contributed by atoms with van der Waals surface area (Å²) >= 11 is 0. The number of hydrogen-bond acceptors (Lipinski definition) is 4. The van der Waals surface area contributed by atoms with Crippen LogP contribution < -0.4 is 20.7 Å². The molecule has 0 fully saturated rings. The average Bonchev–Trinajstić information content (AvgIpc) is 2.69. The molecule has 0 aliphatic carbocycles. The molecule has 7 heteroatoms. The van der Waals surface area contributed by atoms with Crippen molar-refractivity contribution in [1.29, 1.82) is 0 Å². The van der Waals surface area contributed by atoms with Crippen LogP contribution in [0.1, 0.15) is 16.1 Å². The number of aromatic nitrogens is 1. The van der Waals surface area contributed by atoms with Crippen LogP contribution in [0.3, 0.4) is 0 Å². The lowest BCUT2D eigenvalue weighted by molar-refractivity contribution is 0.0958. The molecule has 0 radical (unpaired) electrons. The molecule has 2 aromatic carbocycles. The number of nitrogens with one attached hydrogen (secondary N) is 3. The zero-order chi connectivity index (χ0) is 19.9. The van der Waals surface area contributed by atoms with Gasteiger partial charge in [0.25, 0.3) is 5.91 Å². The van der Waals surface area contributed by atoms with E-state index in [1.165, 1.54) is 6.20 Å². The third kappa shape index (κ3) is 5.07. The van der Waals surface area contributed by atoms with Gasteiger partial charge in [-0.3, -0.25) is 9.78 Å². The Hall–Kier alpha value is -3.87. The molecule has 0 aliphatic heterocycles. The Kier molecular flexibility index (Phi) is 5.86. The highest BCUT2D eigenvalue weighted by Crippen LogP contribution is 2.23. The maximum atomic E-state index is 12.1. The highest BCUT2D eigenvalue weighted by molar-refractivity contribution is 5.99. The molecule has 1 aromatic heterocycles.